The van der Waals surface area contributed by atoms with E-state index in [9.17, 15) is 0 Å². The topological polar surface area (TPSA) is 31.6 Å². The van der Waals surface area contributed by atoms with Crippen molar-refractivity contribution >= 4 is 21.7 Å². The van der Waals surface area contributed by atoms with E-state index in [0.717, 1.165) is 55.7 Å². The predicted molar refractivity (Wildman–Crippen MR) is 118 cm³/mol. The second kappa shape index (κ2) is 7.02. The molecule has 0 bridgehead atoms. The molecule has 0 fully saturated rings. The third kappa shape index (κ3) is 2.92. The van der Waals surface area contributed by atoms with Gasteiger partial charge in [0.2, 0.25) is 0 Å². The lowest BCUT2D eigenvalue weighted by Gasteiger charge is -2.08. The molecule has 142 valence electrons. The minimum atomic E-state index is 0.831. The highest BCUT2D eigenvalue weighted by Crippen LogP contribution is 2.44. The van der Waals surface area contributed by atoms with Gasteiger partial charge in [0.1, 0.15) is 22.8 Å². The molecule has 0 aliphatic rings. The van der Waals surface area contributed by atoms with E-state index in [4.69, 9.17) is 13.9 Å². The lowest BCUT2D eigenvalue weighted by Crippen LogP contribution is -1.86. The Morgan fingerprint density at radius 3 is 2.10 bits per heavy atom. The van der Waals surface area contributed by atoms with Crippen molar-refractivity contribution in [3.63, 3.8) is 0 Å². The highest BCUT2D eigenvalue weighted by molar-refractivity contribution is 6.16. The number of ether oxygens (including phenoxy) is 2. The molecule has 0 atom stereocenters. The molecule has 5 aromatic rings. The van der Waals surface area contributed by atoms with E-state index in [1.54, 1.807) is 14.2 Å². The molecule has 1 heterocycles. The molecule has 29 heavy (non-hydrogen) atoms. The molecule has 0 saturated carbocycles. The maximum absolute atomic E-state index is 6.40. The van der Waals surface area contributed by atoms with E-state index >= 15 is 0 Å². The molecular formula is C26H20O3. The molecular weight excluding hydrogens is 360 g/mol. The molecule has 0 radical (unpaired) electrons. The lowest BCUT2D eigenvalue weighted by atomic mass is 9.95. The van der Waals surface area contributed by atoms with E-state index in [1.807, 2.05) is 42.5 Å². The molecule has 5 rings (SSSR count). The summed E-state index contributed by atoms with van der Waals surface area (Å²) in [7, 11) is 3.37. The number of furan rings is 1. The van der Waals surface area contributed by atoms with Gasteiger partial charge in [-0.05, 0) is 52.7 Å². The van der Waals surface area contributed by atoms with Gasteiger partial charge in [-0.3, -0.25) is 0 Å². The Morgan fingerprint density at radius 2 is 1.38 bits per heavy atom. The lowest BCUT2D eigenvalue weighted by molar-refractivity contribution is 0.415. The van der Waals surface area contributed by atoms with Crippen LogP contribution in [0.1, 0.15) is 0 Å². The zero-order chi connectivity index (χ0) is 19.8. The van der Waals surface area contributed by atoms with Crippen LogP contribution in [-0.2, 0) is 0 Å². The molecule has 0 N–H and O–H groups in total. The average Bonchev–Trinajstić information content (AvgIpc) is 3.19. The normalized spacial score (nSPS) is 11.1. The van der Waals surface area contributed by atoms with Crippen molar-refractivity contribution in [1.29, 1.82) is 0 Å². The summed E-state index contributed by atoms with van der Waals surface area (Å²) in [4.78, 5) is 0. The van der Waals surface area contributed by atoms with Gasteiger partial charge in [0, 0.05) is 16.5 Å². The predicted octanol–water partition coefficient (Wildman–Crippen LogP) is 6.94. The minimum Gasteiger partial charge on any atom is -0.497 e. The van der Waals surface area contributed by atoms with Gasteiger partial charge in [0.05, 0.1) is 14.2 Å². The molecule has 0 aliphatic heterocycles. The molecule has 0 saturated heterocycles. The first kappa shape index (κ1) is 17.4. The van der Waals surface area contributed by atoms with Crippen molar-refractivity contribution < 1.29 is 13.9 Å². The Balaban J connectivity index is 1.87. The summed E-state index contributed by atoms with van der Waals surface area (Å²) in [5.41, 5.74) is 4.10. The highest BCUT2D eigenvalue weighted by Gasteiger charge is 2.20. The van der Waals surface area contributed by atoms with Crippen molar-refractivity contribution in [3.05, 3.63) is 84.9 Å². The van der Waals surface area contributed by atoms with Gasteiger partial charge >= 0.3 is 0 Å². The van der Waals surface area contributed by atoms with Gasteiger partial charge in [0.15, 0.2) is 0 Å². The van der Waals surface area contributed by atoms with Gasteiger partial charge in [-0.15, -0.1) is 0 Å². The standard InChI is InChI=1S/C26H20O3/c1-27-20-11-8-17(9-12-20)24-25-22-14-13-21(28-2)16-19(22)10-15-23(25)29-26(24)18-6-4-3-5-7-18/h3-16H,1-2H3. The van der Waals surface area contributed by atoms with E-state index < -0.39 is 0 Å². The largest absolute Gasteiger partial charge is 0.497 e. The maximum Gasteiger partial charge on any atom is 0.143 e. The number of hydrogen-bond acceptors (Lipinski definition) is 3. The number of benzene rings is 4. The second-order valence-corrected chi connectivity index (χ2v) is 6.93. The Hall–Kier alpha value is -3.72. The zero-order valence-electron chi connectivity index (χ0n) is 16.3. The molecule has 1 aromatic heterocycles. The van der Waals surface area contributed by atoms with Crippen LogP contribution in [-0.4, -0.2) is 14.2 Å². The number of methoxy groups -OCH3 is 2. The van der Waals surface area contributed by atoms with Gasteiger partial charge in [-0.25, -0.2) is 0 Å². The Labute approximate surface area is 169 Å². The van der Waals surface area contributed by atoms with Crippen molar-refractivity contribution in [2.45, 2.75) is 0 Å². The van der Waals surface area contributed by atoms with Crippen molar-refractivity contribution in [3.8, 4) is 33.9 Å². The summed E-state index contributed by atoms with van der Waals surface area (Å²) in [6, 6.07) is 28.6. The van der Waals surface area contributed by atoms with Crippen LogP contribution in [0.15, 0.2) is 89.3 Å². The fraction of sp³-hybridized carbons (Fsp3) is 0.0769. The van der Waals surface area contributed by atoms with Crippen LogP contribution >= 0.6 is 0 Å². The first-order chi connectivity index (χ1) is 14.3. The average molecular weight is 380 g/mol. The van der Waals surface area contributed by atoms with Crippen molar-refractivity contribution in [1.82, 2.24) is 0 Å². The third-order valence-corrected chi connectivity index (χ3v) is 5.29. The minimum absolute atomic E-state index is 0.831. The fourth-order valence-corrected chi connectivity index (χ4v) is 3.86. The van der Waals surface area contributed by atoms with E-state index in [1.165, 1.54) is 0 Å². The SMILES string of the molecule is COc1ccc(-c2c(-c3ccccc3)oc3ccc4cc(OC)ccc4c23)cc1. The van der Waals surface area contributed by atoms with Crippen LogP contribution in [0, 0.1) is 0 Å². The second-order valence-electron chi connectivity index (χ2n) is 6.93. The van der Waals surface area contributed by atoms with E-state index in [2.05, 4.69) is 42.5 Å². The molecule has 3 heteroatoms. The highest BCUT2D eigenvalue weighted by atomic mass is 16.5. The van der Waals surface area contributed by atoms with Gasteiger partial charge < -0.3 is 13.9 Å². The van der Waals surface area contributed by atoms with Gasteiger partial charge in [-0.2, -0.15) is 0 Å². The Bertz CT molecular complexity index is 1300. The quantitative estimate of drug-likeness (QED) is 0.338. The zero-order valence-corrected chi connectivity index (χ0v) is 16.3. The van der Waals surface area contributed by atoms with Crippen LogP contribution in [0.5, 0.6) is 11.5 Å². The van der Waals surface area contributed by atoms with Crippen LogP contribution in [0.4, 0.5) is 0 Å². The number of rotatable bonds is 4. The summed E-state index contributed by atoms with van der Waals surface area (Å²) in [6.45, 7) is 0. The Morgan fingerprint density at radius 1 is 0.655 bits per heavy atom. The third-order valence-electron chi connectivity index (χ3n) is 5.29. The first-order valence-electron chi connectivity index (χ1n) is 9.51. The molecule has 3 nitrogen and oxygen atoms in total. The summed E-state index contributed by atoms with van der Waals surface area (Å²) >= 11 is 0. The van der Waals surface area contributed by atoms with Gasteiger partial charge in [-0.1, -0.05) is 48.5 Å². The molecule has 0 aliphatic carbocycles. The van der Waals surface area contributed by atoms with Crippen LogP contribution < -0.4 is 9.47 Å². The van der Waals surface area contributed by atoms with Crippen molar-refractivity contribution in [2.75, 3.05) is 14.2 Å². The Kier molecular flexibility index (Phi) is 4.21. The molecule has 0 spiro atoms. The number of hydrogen-bond donors (Lipinski definition) is 0. The maximum atomic E-state index is 6.40. The van der Waals surface area contributed by atoms with Crippen molar-refractivity contribution in [2.24, 2.45) is 0 Å². The first-order valence-corrected chi connectivity index (χ1v) is 9.51. The molecule has 4 aromatic carbocycles. The summed E-state index contributed by atoms with van der Waals surface area (Å²) in [6.07, 6.45) is 0. The summed E-state index contributed by atoms with van der Waals surface area (Å²) in [5.74, 6) is 2.54. The smallest absolute Gasteiger partial charge is 0.143 e. The van der Waals surface area contributed by atoms with E-state index in [0.29, 0.717) is 0 Å². The monoisotopic (exact) mass is 380 g/mol. The van der Waals surface area contributed by atoms with Crippen LogP contribution in [0.3, 0.4) is 0 Å². The van der Waals surface area contributed by atoms with Gasteiger partial charge in [0.25, 0.3) is 0 Å². The van der Waals surface area contributed by atoms with E-state index in [-0.39, 0.29) is 0 Å². The summed E-state index contributed by atoms with van der Waals surface area (Å²) < 4.78 is 17.2. The number of fused-ring (bicyclic) bond motifs is 3. The van der Waals surface area contributed by atoms with Crippen LogP contribution in [0.25, 0.3) is 44.2 Å². The fourth-order valence-electron chi connectivity index (χ4n) is 3.86. The molecule has 0 amide bonds. The summed E-state index contributed by atoms with van der Waals surface area (Å²) in [5, 5.41) is 3.36. The molecule has 0 unspecified atom stereocenters. The van der Waals surface area contributed by atoms with Crippen LogP contribution in [0.2, 0.25) is 0 Å².